The van der Waals surface area contributed by atoms with Crippen molar-refractivity contribution >= 4 is 33.3 Å². The second-order valence-corrected chi connectivity index (χ2v) is 5.21. The van der Waals surface area contributed by atoms with Crippen molar-refractivity contribution in [1.29, 1.82) is 0 Å². The molecule has 4 nitrogen and oxygen atoms in total. The normalized spacial score (nSPS) is 10.5. The first-order valence-electron chi connectivity index (χ1n) is 6.19. The minimum atomic E-state index is -0.492. The average Bonchev–Trinajstić information content (AvgIpc) is 2.48. The lowest BCUT2D eigenvalue weighted by Gasteiger charge is -2.02. The monoisotopic (exact) mass is 344 g/mol. The van der Waals surface area contributed by atoms with Crippen LogP contribution >= 0.6 is 15.9 Å². The smallest absolute Gasteiger partial charge is 0.248 e. The molecular formula is C16H13BrN2O2. The van der Waals surface area contributed by atoms with Gasteiger partial charge in [-0.05, 0) is 42.5 Å². The van der Waals surface area contributed by atoms with Gasteiger partial charge in [0.05, 0.1) is 0 Å². The molecular weight excluding hydrogens is 332 g/mol. The molecule has 2 aromatic rings. The average molecular weight is 345 g/mol. The van der Waals surface area contributed by atoms with Crippen molar-refractivity contribution in [3.63, 3.8) is 0 Å². The number of anilines is 1. The molecule has 0 bridgehead atoms. The third-order valence-electron chi connectivity index (χ3n) is 2.76. The number of nitrogens with one attached hydrogen (secondary N) is 1. The van der Waals surface area contributed by atoms with Crippen LogP contribution in [0.25, 0.3) is 0 Å². The summed E-state index contributed by atoms with van der Waals surface area (Å²) in [6, 6.07) is 13.8. The van der Waals surface area contributed by atoms with E-state index < -0.39 is 5.91 Å². The molecule has 1 amide bonds. The van der Waals surface area contributed by atoms with E-state index in [0.717, 1.165) is 4.47 Å². The highest BCUT2D eigenvalue weighted by atomic mass is 79.9. The molecule has 5 heteroatoms. The van der Waals surface area contributed by atoms with Crippen molar-refractivity contribution < 1.29 is 9.59 Å². The molecule has 2 rings (SSSR count). The van der Waals surface area contributed by atoms with E-state index in [1.54, 1.807) is 36.4 Å². The number of rotatable bonds is 5. The maximum atomic E-state index is 11.9. The number of benzene rings is 2. The van der Waals surface area contributed by atoms with Crippen LogP contribution in [0, 0.1) is 0 Å². The summed E-state index contributed by atoms with van der Waals surface area (Å²) in [7, 11) is 0. The molecule has 0 fully saturated rings. The van der Waals surface area contributed by atoms with Gasteiger partial charge < -0.3 is 11.1 Å². The Morgan fingerprint density at radius 3 is 2.43 bits per heavy atom. The first kappa shape index (κ1) is 15.0. The predicted molar refractivity (Wildman–Crippen MR) is 86.2 cm³/mol. The number of ketones is 1. The molecule has 0 aliphatic rings. The van der Waals surface area contributed by atoms with Crippen LogP contribution in [0.4, 0.5) is 5.69 Å². The van der Waals surface area contributed by atoms with Gasteiger partial charge in [-0.1, -0.05) is 22.0 Å². The lowest BCUT2D eigenvalue weighted by molar-refractivity contribution is 0.0998. The van der Waals surface area contributed by atoms with Crippen LogP contribution in [0.3, 0.4) is 0 Å². The van der Waals surface area contributed by atoms with Gasteiger partial charge in [0.15, 0.2) is 5.78 Å². The van der Waals surface area contributed by atoms with Crippen LogP contribution in [-0.2, 0) is 0 Å². The van der Waals surface area contributed by atoms with Crippen molar-refractivity contribution in [2.75, 3.05) is 5.32 Å². The van der Waals surface area contributed by atoms with Gasteiger partial charge in [0, 0.05) is 33.6 Å². The Balaban J connectivity index is 2.02. The van der Waals surface area contributed by atoms with E-state index in [1.807, 2.05) is 12.1 Å². The van der Waals surface area contributed by atoms with Gasteiger partial charge in [-0.3, -0.25) is 9.59 Å². The molecule has 0 saturated carbocycles. The molecule has 0 aliphatic heterocycles. The zero-order chi connectivity index (χ0) is 15.2. The summed E-state index contributed by atoms with van der Waals surface area (Å²) < 4.78 is 0.921. The summed E-state index contributed by atoms with van der Waals surface area (Å²) in [6.45, 7) is 0. The molecule has 0 radical (unpaired) electrons. The Bertz CT molecular complexity index is 694. The number of primary amides is 1. The lowest BCUT2D eigenvalue weighted by atomic mass is 10.1. The summed E-state index contributed by atoms with van der Waals surface area (Å²) in [6.07, 6.45) is 2.96. The highest BCUT2D eigenvalue weighted by Crippen LogP contribution is 2.12. The molecule has 21 heavy (non-hydrogen) atoms. The van der Waals surface area contributed by atoms with E-state index in [0.29, 0.717) is 16.8 Å². The topological polar surface area (TPSA) is 72.2 Å². The number of amides is 1. The molecule has 2 aromatic carbocycles. The van der Waals surface area contributed by atoms with E-state index in [2.05, 4.69) is 21.2 Å². The summed E-state index contributed by atoms with van der Waals surface area (Å²) in [5, 5.41) is 2.93. The summed E-state index contributed by atoms with van der Waals surface area (Å²) in [4.78, 5) is 23.0. The number of hydrogen-bond acceptors (Lipinski definition) is 3. The summed E-state index contributed by atoms with van der Waals surface area (Å²) in [5.74, 6) is -0.602. The van der Waals surface area contributed by atoms with Crippen LogP contribution in [-0.4, -0.2) is 11.7 Å². The molecule has 0 unspecified atom stereocenters. The van der Waals surface area contributed by atoms with Gasteiger partial charge in [-0.2, -0.15) is 0 Å². The van der Waals surface area contributed by atoms with Gasteiger partial charge in [-0.15, -0.1) is 0 Å². The van der Waals surface area contributed by atoms with Crippen LogP contribution in [0.15, 0.2) is 65.3 Å². The van der Waals surface area contributed by atoms with Crippen LogP contribution in [0.1, 0.15) is 20.7 Å². The number of carbonyl (C=O) groups is 2. The number of carbonyl (C=O) groups excluding carboxylic acids is 2. The largest absolute Gasteiger partial charge is 0.366 e. The SMILES string of the molecule is NC(=O)c1cccc(NC=CC(=O)c2ccc(Br)cc2)c1. The number of allylic oxidation sites excluding steroid dienone is 1. The molecule has 3 N–H and O–H groups in total. The van der Waals surface area contributed by atoms with Crippen molar-refractivity contribution in [2.24, 2.45) is 5.73 Å². The maximum Gasteiger partial charge on any atom is 0.248 e. The third-order valence-corrected chi connectivity index (χ3v) is 3.29. The first-order chi connectivity index (χ1) is 10.1. The van der Waals surface area contributed by atoms with Crippen LogP contribution in [0.2, 0.25) is 0 Å². The molecule has 0 saturated heterocycles. The standard InChI is InChI=1S/C16H13BrN2O2/c17-13-6-4-11(5-7-13)15(20)8-9-19-14-3-1-2-12(10-14)16(18)21/h1-10,19H,(H2,18,21). The van der Waals surface area contributed by atoms with E-state index in [1.165, 1.54) is 12.3 Å². The quantitative estimate of drug-likeness (QED) is 0.645. The Morgan fingerprint density at radius 2 is 1.76 bits per heavy atom. The Kier molecular flexibility index (Phi) is 4.90. The van der Waals surface area contributed by atoms with E-state index in [-0.39, 0.29) is 5.78 Å². The molecule has 0 heterocycles. The lowest BCUT2D eigenvalue weighted by Crippen LogP contribution is -2.10. The number of halogens is 1. The Hall–Kier alpha value is -2.40. The van der Waals surface area contributed by atoms with Gasteiger partial charge in [-0.25, -0.2) is 0 Å². The van der Waals surface area contributed by atoms with Gasteiger partial charge in [0.1, 0.15) is 0 Å². The van der Waals surface area contributed by atoms with Crippen molar-refractivity contribution in [3.05, 3.63) is 76.4 Å². The van der Waals surface area contributed by atoms with E-state index in [9.17, 15) is 9.59 Å². The third kappa shape index (κ3) is 4.29. The van der Waals surface area contributed by atoms with Gasteiger partial charge >= 0.3 is 0 Å². The fraction of sp³-hybridized carbons (Fsp3) is 0. The maximum absolute atomic E-state index is 11.9. The molecule has 0 spiro atoms. The molecule has 0 aromatic heterocycles. The van der Waals surface area contributed by atoms with Crippen LogP contribution < -0.4 is 11.1 Å². The molecule has 0 aliphatic carbocycles. The summed E-state index contributed by atoms with van der Waals surface area (Å²) >= 11 is 3.32. The fourth-order valence-electron chi connectivity index (χ4n) is 1.69. The highest BCUT2D eigenvalue weighted by Gasteiger charge is 2.02. The highest BCUT2D eigenvalue weighted by molar-refractivity contribution is 9.10. The fourth-order valence-corrected chi connectivity index (χ4v) is 1.95. The Morgan fingerprint density at radius 1 is 1.05 bits per heavy atom. The zero-order valence-corrected chi connectivity index (χ0v) is 12.6. The van der Waals surface area contributed by atoms with Gasteiger partial charge in [0.25, 0.3) is 0 Å². The number of hydrogen-bond donors (Lipinski definition) is 2. The van der Waals surface area contributed by atoms with E-state index in [4.69, 9.17) is 5.73 Å². The van der Waals surface area contributed by atoms with Crippen molar-refractivity contribution in [1.82, 2.24) is 0 Å². The second-order valence-electron chi connectivity index (χ2n) is 4.29. The molecule has 106 valence electrons. The van der Waals surface area contributed by atoms with Gasteiger partial charge in [0.2, 0.25) is 5.91 Å². The van der Waals surface area contributed by atoms with Crippen LogP contribution in [0.5, 0.6) is 0 Å². The summed E-state index contributed by atoms with van der Waals surface area (Å²) in [5.41, 5.74) is 6.90. The van der Waals surface area contributed by atoms with E-state index >= 15 is 0 Å². The van der Waals surface area contributed by atoms with Crippen molar-refractivity contribution in [3.8, 4) is 0 Å². The first-order valence-corrected chi connectivity index (χ1v) is 6.98. The Labute approximate surface area is 130 Å². The zero-order valence-electron chi connectivity index (χ0n) is 11.0. The second kappa shape index (κ2) is 6.85. The minimum Gasteiger partial charge on any atom is -0.366 e. The number of nitrogens with two attached hydrogens (primary N) is 1. The van der Waals surface area contributed by atoms with Crippen molar-refractivity contribution in [2.45, 2.75) is 0 Å². The minimum absolute atomic E-state index is 0.110. The molecule has 0 atom stereocenters. The predicted octanol–water partition coefficient (Wildman–Crippen LogP) is 3.36.